The summed E-state index contributed by atoms with van der Waals surface area (Å²) in [5.41, 5.74) is 1.40. The van der Waals surface area contributed by atoms with E-state index in [-0.39, 0.29) is 42.5 Å². The number of ether oxygens (including phenoxy) is 2. The molecule has 0 fully saturated rings. The van der Waals surface area contributed by atoms with Gasteiger partial charge in [0.15, 0.2) is 11.5 Å². The van der Waals surface area contributed by atoms with Crippen LogP contribution in [0, 0.1) is 5.82 Å². The molecule has 1 unspecified atom stereocenters. The molecule has 1 amide bonds. The second kappa shape index (κ2) is 12.2. The number of carbonyl (C=O) groups excluding carboxylic acids is 1. The van der Waals surface area contributed by atoms with Crippen LogP contribution in [0.15, 0.2) is 54.6 Å². The summed E-state index contributed by atoms with van der Waals surface area (Å²) >= 11 is 0. The van der Waals surface area contributed by atoms with Gasteiger partial charge in [-0.1, -0.05) is 13.8 Å². The summed E-state index contributed by atoms with van der Waals surface area (Å²) in [6.45, 7) is 1.95. The van der Waals surface area contributed by atoms with Crippen LogP contribution in [-0.4, -0.2) is 60.7 Å². The maximum Gasteiger partial charge on any atom is 0.424 e. The molecule has 1 atom stereocenters. The maximum atomic E-state index is 14.5. The highest BCUT2D eigenvalue weighted by atomic mass is 19.4. The van der Waals surface area contributed by atoms with E-state index in [1.807, 2.05) is 0 Å². The molecule has 1 aromatic heterocycles. The van der Waals surface area contributed by atoms with Gasteiger partial charge in [0.05, 0.1) is 31.6 Å². The molecular formula is C28H31F4N3O5. The largest absolute Gasteiger partial charge is 0.493 e. The fourth-order valence-electron chi connectivity index (χ4n) is 3.75. The second-order valence-corrected chi connectivity index (χ2v) is 9.70. The average molecular weight is 566 g/mol. The van der Waals surface area contributed by atoms with Crippen LogP contribution in [0.5, 0.6) is 11.5 Å². The summed E-state index contributed by atoms with van der Waals surface area (Å²) in [5, 5.41) is 22.1. The lowest BCUT2D eigenvalue weighted by atomic mass is 9.82. The molecule has 0 radical (unpaired) electrons. The monoisotopic (exact) mass is 565 g/mol. The number of benzene rings is 2. The van der Waals surface area contributed by atoms with E-state index in [1.54, 1.807) is 13.8 Å². The van der Waals surface area contributed by atoms with E-state index >= 15 is 0 Å². The van der Waals surface area contributed by atoms with Gasteiger partial charge in [-0.2, -0.15) is 13.2 Å². The van der Waals surface area contributed by atoms with Gasteiger partial charge in [0.2, 0.25) is 5.60 Å². The number of carbonyl (C=O) groups is 1. The number of halogens is 4. The Bertz CT molecular complexity index is 1330. The standard InChI is InChI=1S/C28H31F4N3O5/c1-26(2,15-33)19-13-21(17-4-7-20(29)8-5-17)35-24(14-19)27(38,28(30,31)32)16-34-25(37)18-6-9-22(40-11-10-36)23(12-18)39-3/h4-9,12-14,36,38H,10-11,15-16,33H2,1-3H3,(H,34,37). The van der Waals surface area contributed by atoms with E-state index in [2.05, 4.69) is 10.3 Å². The highest BCUT2D eigenvalue weighted by Gasteiger charge is 2.56. The number of nitrogens with two attached hydrogens (primary N) is 1. The highest BCUT2D eigenvalue weighted by molar-refractivity contribution is 5.95. The Morgan fingerprint density at radius 1 is 1.05 bits per heavy atom. The van der Waals surface area contributed by atoms with E-state index in [4.69, 9.17) is 20.3 Å². The number of hydrogen-bond acceptors (Lipinski definition) is 7. The molecule has 3 aromatic rings. The van der Waals surface area contributed by atoms with Gasteiger partial charge >= 0.3 is 6.18 Å². The third-order valence-electron chi connectivity index (χ3n) is 6.43. The van der Waals surface area contributed by atoms with Crippen LogP contribution in [0.1, 0.15) is 35.5 Å². The molecule has 3 rings (SSSR count). The van der Waals surface area contributed by atoms with Crippen molar-refractivity contribution < 1.29 is 42.0 Å². The third-order valence-corrected chi connectivity index (χ3v) is 6.43. The lowest BCUT2D eigenvalue weighted by molar-refractivity contribution is -0.265. The molecule has 0 aliphatic rings. The molecular weight excluding hydrogens is 534 g/mol. The fourth-order valence-corrected chi connectivity index (χ4v) is 3.75. The first kappa shape index (κ1) is 30.8. The van der Waals surface area contributed by atoms with Gasteiger partial charge in [-0.05, 0) is 60.2 Å². The van der Waals surface area contributed by atoms with Gasteiger partial charge in [0.25, 0.3) is 5.91 Å². The van der Waals surface area contributed by atoms with Crippen molar-refractivity contribution in [2.45, 2.75) is 31.0 Å². The van der Waals surface area contributed by atoms with E-state index in [1.165, 1.54) is 43.5 Å². The van der Waals surface area contributed by atoms with Crippen LogP contribution < -0.4 is 20.5 Å². The number of amides is 1. The molecule has 8 nitrogen and oxygen atoms in total. The number of nitrogens with one attached hydrogen (secondary N) is 1. The predicted molar refractivity (Wildman–Crippen MR) is 140 cm³/mol. The van der Waals surface area contributed by atoms with E-state index in [9.17, 15) is 27.5 Å². The lowest BCUT2D eigenvalue weighted by Gasteiger charge is -2.32. The quantitative estimate of drug-likeness (QED) is 0.261. The molecule has 2 aromatic carbocycles. The van der Waals surface area contributed by atoms with Crippen LogP contribution in [0.25, 0.3) is 11.3 Å². The van der Waals surface area contributed by atoms with Gasteiger partial charge in [0.1, 0.15) is 12.4 Å². The lowest BCUT2D eigenvalue weighted by Crippen LogP contribution is -2.51. The number of aromatic nitrogens is 1. The number of nitrogens with zero attached hydrogens (tertiary/aromatic N) is 1. The summed E-state index contributed by atoms with van der Waals surface area (Å²) in [4.78, 5) is 16.9. The number of hydrogen-bond donors (Lipinski definition) is 4. The van der Waals surface area contributed by atoms with Gasteiger partial charge < -0.3 is 30.7 Å². The van der Waals surface area contributed by atoms with Crippen molar-refractivity contribution in [2.24, 2.45) is 5.73 Å². The topological polar surface area (TPSA) is 127 Å². The Balaban J connectivity index is 2.02. The molecule has 0 aliphatic carbocycles. The average Bonchev–Trinajstić information content (AvgIpc) is 2.93. The fraction of sp³-hybridized carbons (Fsp3) is 0.357. The summed E-state index contributed by atoms with van der Waals surface area (Å²) in [5.74, 6) is -1.13. The van der Waals surface area contributed by atoms with Crippen LogP contribution in [0.3, 0.4) is 0 Å². The van der Waals surface area contributed by atoms with Crippen LogP contribution in [0.4, 0.5) is 17.6 Å². The van der Waals surface area contributed by atoms with E-state index in [0.29, 0.717) is 11.1 Å². The van der Waals surface area contributed by atoms with Crippen LogP contribution in [-0.2, 0) is 11.0 Å². The van der Waals surface area contributed by atoms with Crippen molar-refractivity contribution >= 4 is 5.91 Å². The Hall–Kier alpha value is -3.74. The molecule has 0 spiro atoms. The molecule has 40 heavy (non-hydrogen) atoms. The summed E-state index contributed by atoms with van der Waals surface area (Å²) < 4.78 is 67.3. The second-order valence-electron chi connectivity index (χ2n) is 9.70. The first-order valence-corrected chi connectivity index (χ1v) is 12.2. The van der Waals surface area contributed by atoms with Gasteiger partial charge in [-0.25, -0.2) is 9.37 Å². The third kappa shape index (κ3) is 6.69. The van der Waals surface area contributed by atoms with Crippen molar-refractivity contribution in [1.82, 2.24) is 10.3 Å². The Kier molecular flexibility index (Phi) is 9.39. The first-order valence-electron chi connectivity index (χ1n) is 12.2. The van der Waals surface area contributed by atoms with Crippen molar-refractivity contribution in [3.05, 3.63) is 77.2 Å². The molecule has 5 N–H and O–H groups in total. The zero-order chi connectivity index (χ0) is 29.7. The van der Waals surface area contributed by atoms with E-state index in [0.717, 1.165) is 18.2 Å². The Morgan fingerprint density at radius 2 is 1.73 bits per heavy atom. The zero-order valence-corrected chi connectivity index (χ0v) is 22.2. The molecule has 216 valence electrons. The SMILES string of the molecule is COc1cc(C(=O)NCC(O)(c2cc(C(C)(C)CN)cc(-c3ccc(F)cc3)n2)C(F)(F)F)ccc1OCCO. The van der Waals surface area contributed by atoms with Crippen LogP contribution >= 0.6 is 0 Å². The van der Waals surface area contributed by atoms with E-state index < -0.39 is 41.2 Å². The number of aliphatic hydroxyl groups is 2. The summed E-state index contributed by atoms with van der Waals surface area (Å²) in [6.07, 6.45) is -5.25. The number of pyridine rings is 1. The summed E-state index contributed by atoms with van der Waals surface area (Å²) in [6, 6.07) is 11.6. The van der Waals surface area contributed by atoms with Gasteiger partial charge in [-0.3, -0.25) is 4.79 Å². The van der Waals surface area contributed by atoms with Crippen molar-refractivity contribution in [1.29, 1.82) is 0 Å². The molecule has 0 aliphatic heterocycles. The zero-order valence-electron chi connectivity index (χ0n) is 22.2. The smallest absolute Gasteiger partial charge is 0.424 e. The van der Waals surface area contributed by atoms with Crippen LogP contribution in [0.2, 0.25) is 0 Å². The minimum atomic E-state index is -5.25. The molecule has 12 heteroatoms. The molecule has 0 saturated carbocycles. The van der Waals surface area contributed by atoms with Crippen molar-refractivity contribution in [2.75, 3.05) is 33.4 Å². The molecule has 0 bridgehead atoms. The normalized spacial score (nSPS) is 13.4. The first-order chi connectivity index (χ1) is 18.8. The minimum absolute atomic E-state index is 0.0343. The number of aliphatic hydroxyl groups excluding tert-OH is 1. The van der Waals surface area contributed by atoms with Gasteiger partial charge in [0, 0.05) is 23.1 Å². The molecule has 1 heterocycles. The van der Waals surface area contributed by atoms with Gasteiger partial charge in [-0.15, -0.1) is 0 Å². The maximum absolute atomic E-state index is 14.5. The Labute approximate surface area is 228 Å². The highest BCUT2D eigenvalue weighted by Crippen LogP contribution is 2.40. The molecule has 0 saturated heterocycles. The number of methoxy groups -OCH3 is 1. The predicted octanol–water partition coefficient (Wildman–Crippen LogP) is 3.68. The summed E-state index contributed by atoms with van der Waals surface area (Å²) in [7, 11) is 1.31. The van der Waals surface area contributed by atoms with Crippen molar-refractivity contribution in [3.8, 4) is 22.8 Å². The number of rotatable bonds is 11. The number of alkyl halides is 3. The van der Waals surface area contributed by atoms with Crippen molar-refractivity contribution in [3.63, 3.8) is 0 Å². The minimum Gasteiger partial charge on any atom is -0.493 e. The Morgan fingerprint density at radius 3 is 2.30 bits per heavy atom.